The molecule has 1 aliphatic rings. The number of anilines is 2. The molecule has 0 fully saturated rings. The first kappa shape index (κ1) is 22.4. The Morgan fingerprint density at radius 2 is 1.94 bits per heavy atom. The summed E-state index contributed by atoms with van der Waals surface area (Å²) in [5.74, 6) is -0.237. The van der Waals surface area contributed by atoms with E-state index in [-0.39, 0.29) is 23.7 Å². The highest BCUT2D eigenvalue weighted by Crippen LogP contribution is 2.33. The number of nitrogens with zero attached hydrogens (tertiary/aromatic N) is 1. The average Bonchev–Trinajstić information content (AvgIpc) is 2.82. The first-order chi connectivity index (χ1) is 16.0. The molecule has 0 spiro atoms. The Hall–Kier alpha value is -3.79. The number of fused-ring (bicyclic) bond motifs is 1. The van der Waals surface area contributed by atoms with Gasteiger partial charge in [0.05, 0.1) is 31.4 Å². The molecule has 4 rings (SSSR count). The number of aromatic amines is 1. The number of benzene rings is 2. The molecule has 0 bridgehead atoms. The number of nitrogens with one attached hydrogen (secondary N) is 3. The van der Waals surface area contributed by atoms with Gasteiger partial charge in [0.2, 0.25) is 11.8 Å². The van der Waals surface area contributed by atoms with E-state index in [4.69, 9.17) is 9.47 Å². The van der Waals surface area contributed by atoms with Crippen LogP contribution in [0.3, 0.4) is 0 Å². The van der Waals surface area contributed by atoms with Crippen LogP contribution >= 0.6 is 11.8 Å². The van der Waals surface area contributed by atoms with Crippen LogP contribution in [0.1, 0.15) is 23.5 Å². The number of rotatable bonds is 7. The molecule has 0 saturated heterocycles. The molecule has 2 amide bonds. The average molecular weight is 467 g/mol. The van der Waals surface area contributed by atoms with Gasteiger partial charge in [-0.15, -0.1) is 0 Å². The largest absolute Gasteiger partial charge is 0.497 e. The molecule has 33 heavy (non-hydrogen) atoms. The van der Waals surface area contributed by atoms with Gasteiger partial charge in [0.25, 0.3) is 5.56 Å². The quantitative estimate of drug-likeness (QED) is 0.361. The van der Waals surface area contributed by atoms with Gasteiger partial charge >= 0.3 is 0 Å². The van der Waals surface area contributed by atoms with Crippen LogP contribution in [0.5, 0.6) is 11.5 Å². The van der Waals surface area contributed by atoms with Crippen molar-refractivity contribution < 1.29 is 19.1 Å². The predicted molar refractivity (Wildman–Crippen MR) is 125 cm³/mol. The molecule has 1 atom stereocenters. The van der Waals surface area contributed by atoms with E-state index in [1.54, 1.807) is 18.2 Å². The minimum absolute atomic E-state index is 0.104. The third kappa shape index (κ3) is 5.01. The lowest BCUT2D eigenvalue weighted by Gasteiger charge is -2.24. The van der Waals surface area contributed by atoms with Gasteiger partial charge < -0.3 is 25.1 Å². The maximum absolute atomic E-state index is 13.1. The monoisotopic (exact) mass is 466 g/mol. The number of aromatic nitrogens is 2. The fourth-order valence-electron chi connectivity index (χ4n) is 3.49. The van der Waals surface area contributed by atoms with Gasteiger partial charge in [-0.25, -0.2) is 4.98 Å². The minimum atomic E-state index is -0.995. The first-order valence-corrected chi connectivity index (χ1v) is 11.1. The number of carbonyl (C=O) groups is 2. The van der Waals surface area contributed by atoms with Crippen molar-refractivity contribution in [3.05, 3.63) is 70.0 Å². The van der Waals surface area contributed by atoms with E-state index in [1.807, 2.05) is 30.3 Å². The van der Waals surface area contributed by atoms with Crippen LogP contribution in [-0.4, -0.2) is 36.0 Å². The van der Waals surface area contributed by atoms with E-state index < -0.39 is 17.4 Å². The first-order valence-electron chi connectivity index (χ1n) is 10.1. The molecular weight excluding hydrogens is 444 g/mol. The number of hydrogen-bond acceptors (Lipinski definition) is 7. The molecule has 170 valence electrons. The Morgan fingerprint density at radius 3 is 2.67 bits per heavy atom. The van der Waals surface area contributed by atoms with Crippen molar-refractivity contribution in [3.8, 4) is 11.5 Å². The number of amides is 2. The second-order valence-electron chi connectivity index (χ2n) is 7.27. The standard InChI is InChI=1S/C23H22N4O5S/c1-31-14-8-9-16(17(10-14)32-2)24-21(29)15-11-18(28)25-20-19(15)22(30)27-23(26-20)33-12-13-6-4-3-5-7-13/h3-10,15H,11-12H2,1-2H3,(H,24,29)(H2,25,26,27,28,30)/t15-/m0/s1. The zero-order valence-corrected chi connectivity index (χ0v) is 18.8. The number of H-pyrrole nitrogens is 1. The summed E-state index contributed by atoms with van der Waals surface area (Å²) in [5, 5.41) is 5.73. The molecule has 10 heteroatoms. The van der Waals surface area contributed by atoms with Crippen molar-refractivity contribution in [2.24, 2.45) is 0 Å². The maximum Gasteiger partial charge on any atom is 0.257 e. The number of hydrogen-bond donors (Lipinski definition) is 3. The lowest BCUT2D eigenvalue weighted by molar-refractivity contribution is -0.123. The summed E-state index contributed by atoms with van der Waals surface area (Å²) in [4.78, 5) is 45.4. The van der Waals surface area contributed by atoms with Crippen LogP contribution in [0.2, 0.25) is 0 Å². The van der Waals surface area contributed by atoms with Crippen LogP contribution in [-0.2, 0) is 15.3 Å². The topological polar surface area (TPSA) is 122 Å². The Bertz CT molecular complexity index is 1250. The van der Waals surface area contributed by atoms with Gasteiger partial charge in [-0.2, -0.15) is 0 Å². The van der Waals surface area contributed by atoms with E-state index in [2.05, 4.69) is 20.6 Å². The summed E-state index contributed by atoms with van der Waals surface area (Å²) in [6.45, 7) is 0. The Morgan fingerprint density at radius 1 is 1.15 bits per heavy atom. The van der Waals surface area contributed by atoms with Crippen molar-refractivity contribution in [1.29, 1.82) is 0 Å². The smallest absolute Gasteiger partial charge is 0.257 e. The Kier molecular flexibility index (Phi) is 6.64. The van der Waals surface area contributed by atoms with Crippen LogP contribution < -0.4 is 25.7 Å². The lowest BCUT2D eigenvalue weighted by Crippen LogP contribution is -2.36. The molecule has 1 aliphatic heterocycles. The van der Waals surface area contributed by atoms with Crippen LogP contribution in [0.4, 0.5) is 11.5 Å². The van der Waals surface area contributed by atoms with Crippen molar-refractivity contribution in [2.45, 2.75) is 23.2 Å². The van der Waals surface area contributed by atoms with Crippen molar-refractivity contribution >= 4 is 35.1 Å². The van der Waals surface area contributed by atoms with Gasteiger partial charge in [0.15, 0.2) is 5.16 Å². The lowest BCUT2D eigenvalue weighted by atomic mass is 9.92. The molecule has 2 heterocycles. The fraction of sp³-hybridized carbons (Fsp3) is 0.217. The molecule has 9 nitrogen and oxygen atoms in total. The zero-order chi connectivity index (χ0) is 23.4. The Balaban J connectivity index is 1.58. The molecule has 2 aromatic carbocycles. The molecule has 0 aliphatic carbocycles. The summed E-state index contributed by atoms with van der Waals surface area (Å²) in [6.07, 6.45) is -0.168. The summed E-state index contributed by atoms with van der Waals surface area (Å²) in [7, 11) is 2.99. The highest BCUT2D eigenvalue weighted by atomic mass is 32.2. The molecule has 3 aromatic rings. The third-order valence-corrected chi connectivity index (χ3v) is 6.08. The number of thioether (sulfide) groups is 1. The van der Waals surface area contributed by atoms with Crippen molar-refractivity contribution in [2.75, 3.05) is 24.9 Å². The zero-order valence-electron chi connectivity index (χ0n) is 18.0. The summed E-state index contributed by atoms with van der Waals surface area (Å²) in [5.41, 5.74) is 1.13. The molecule has 0 saturated carbocycles. The number of carbonyl (C=O) groups excluding carboxylic acids is 2. The van der Waals surface area contributed by atoms with E-state index >= 15 is 0 Å². The number of ether oxygens (including phenoxy) is 2. The maximum atomic E-state index is 13.1. The van der Waals surface area contributed by atoms with Crippen LogP contribution in [0.25, 0.3) is 0 Å². The molecule has 0 radical (unpaired) electrons. The van der Waals surface area contributed by atoms with E-state index in [9.17, 15) is 14.4 Å². The van der Waals surface area contributed by atoms with Crippen molar-refractivity contribution in [1.82, 2.24) is 9.97 Å². The van der Waals surface area contributed by atoms with E-state index in [1.165, 1.54) is 26.0 Å². The normalized spacial score (nSPS) is 14.7. The van der Waals surface area contributed by atoms with Crippen LogP contribution in [0, 0.1) is 0 Å². The second-order valence-corrected chi connectivity index (χ2v) is 8.23. The van der Waals surface area contributed by atoms with Crippen molar-refractivity contribution in [3.63, 3.8) is 0 Å². The fourth-order valence-corrected chi connectivity index (χ4v) is 4.31. The summed E-state index contributed by atoms with van der Waals surface area (Å²) in [6, 6.07) is 14.7. The molecule has 1 aromatic heterocycles. The SMILES string of the molecule is COc1ccc(NC(=O)[C@H]2CC(=O)Nc3nc(SCc4ccccc4)[nH]c(=O)c32)c(OC)c1. The third-order valence-electron chi connectivity index (χ3n) is 5.13. The molecule has 0 unspecified atom stereocenters. The van der Waals surface area contributed by atoms with Gasteiger partial charge in [-0.1, -0.05) is 42.1 Å². The highest BCUT2D eigenvalue weighted by molar-refractivity contribution is 7.98. The second kappa shape index (κ2) is 9.78. The van der Waals surface area contributed by atoms with Gasteiger partial charge in [0.1, 0.15) is 17.3 Å². The van der Waals surface area contributed by atoms with Gasteiger partial charge in [-0.05, 0) is 17.7 Å². The summed E-state index contributed by atoms with van der Waals surface area (Å²) < 4.78 is 10.5. The summed E-state index contributed by atoms with van der Waals surface area (Å²) >= 11 is 1.34. The van der Waals surface area contributed by atoms with E-state index in [0.29, 0.717) is 28.1 Å². The van der Waals surface area contributed by atoms with E-state index in [0.717, 1.165) is 5.56 Å². The van der Waals surface area contributed by atoms with Crippen LogP contribution in [0.15, 0.2) is 58.5 Å². The Labute approximate surface area is 193 Å². The number of methoxy groups -OCH3 is 2. The predicted octanol–water partition coefficient (Wildman–Crippen LogP) is 3.14. The molecular formula is C23H22N4O5S. The van der Waals surface area contributed by atoms with Gasteiger partial charge in [-0.3, -0.25) is 14.4 Å². The van der Waals surface area contributed by atoms with Gasteiger partial charge in [0, 0.05) is 18.2 Å². The minimum Gasteiger partial charge on any atom is -0.497 e. The highest BCUT2D eigenvalue weighted by Gasteiger charge is 2.35. The molecule has 3 N–H and O–H groups in total.